The van der Waals surface area contributed by atoms with Crippen LogP contribution in [0.5, 0.6) is 11.5 Å². The highest BCUT2D eigenvalue weighted by molar-refractivity contribution is 6.11. The van der Waals surface area contributed by atoms with Gasteiger partial charge < -0.3 is 14.6 Å². The lowest BCUT2D eigenvalue weighted by molar-refractivity contribution is -0.137. The minimum absolute atomic E-state index is 0.156. The lowest BCUT2D eigenvalue weighted by Crippen LogP contribution is -2.06. The Morgan fingerprint density at radius 3 is 2.46 bits per heavy atom. The van der Waals surface area contributed by atoms with Gasteiger partial charge in [-0.05, 0) is 31.4 Å². The van der Waals surface area contributed by atoms with Gasteiger partial charge in [0, 0.05) is 11.6 Å². The van der Waals surface area contributed by atoms with E-state index in [1.54, 1.807) is 43.3 Å². The van der Waals surface area contributed by atoms with E-state index < -0.39 is 5.97 Å². The lowest BCUT2D eigenvalue weighted by atomic mass is 10.0. The largest absolute Gasteiger partial charge is 0.504 e. The highest BCUT2D eigenvalue weighted by Crippen LogP contribution is 2.34. The zero-order valence-electron chi connectivity index (χ0n) is 14.7. The molecule has 0 aromatic heterocycles. The van der Waals surface area contributed by atoms with Crippen LogP contribution in [-0.4, -0.2) is 30.1 Å². The predicted octanol–water partition coefficient (Wildman–Crippen LogP) is 3.82. The van der Waals surface area contributed by atoms with Crippen LogP contribution in [0.3, 0.4) is 0 Å². The van der Waals surface area contributed by atoms with Gasteiger partial charge in [-0.3, -0.25) is 4.79 Å². The van der Waals surface area contributed by atoms with Crippen molar-refractivity contribution < 1.29 is 24.2 Å². The number of aryl methyl sites for hydroxylation is 1. The maximum absolute atomic E-state index is 12.6. The molecule has 5 heteroatoms. The van der Waals surface area contributed by atoms with Gasteiger partial charge in [0.05, 0.1) is 18.8 Å². The van der Waals surface area contributed by atoms with Crippen LogP contribution >= 0.6 is 0 Å². The molecule has 26 heavy (non-hydrogen) atoms. The van der Waals surface area contributed by atoms with Crippen LogP contribution < -0.4 is 4.74 Å². The summed E-state index contributed by atoms with van der Waals surface area (Å²) < 4.78 is 10.5. The molecule has 0 heterocycles. The first kappa shape index (κ1) is 19.2. The Kier molecular flexibility index (Phi) is 6.97. The van der Waals surface area contributed by atoms with Crippen LogP contribution in [0.15, 0.2) is 55.1 Å². The second kappa shape index (κ2) is 9.42. The molecule has 0 unspecified atom stereocenters. The van der Waals surface area contributed by atoms with Gasteiger partial charge in [0.15, 0.2) is 17.3 Å². The van der Waals surface area contributed by atoms with Crippen molar-refractivity contribution in [3.63, 3.8) is 0 Å². The third-order valence-electron chi connectivity index (χ3n) is 3.81. The zero-order chi connectivity index (χ0) is 18.9. The van der Waals surface area contributed by atoms with Crippen molar-refractivity contribution in [3.8, 4) is 11.5 Å². The van der Waals surface area contributed by atoms with E-state index in [4.69, 9.17) is 9.47 Å². The maximum Gasteiger partial charge on any atom is 0.330 e. The summed E-state index contributed by atoms with van der Waals surface area (Å²) in [6.07, 6.45) is 2.38. The molecule has 1 N–H and O–H groups in total. The molecule has 0 spiro atoms. The number of phenols is 1. The molecule has 2 rings (SSSR count). The molecule has 136 valence electrons. The number of unbranched alkanes of at least 4 members (excludes halogenated alkanes) is 1. The van der Waals surface area contributed by atoms with E-state index in [1.165, 1.54) is 0 Å². The Hall–Kier alpha value is -3.08. The minimum Gasteiger partial charge on any atom is -0.504 e. The third kappa shape index (κ3) is 4.96. The molecule has 0 aliphatic heterocycles. The molecule has 0 bridgehead atoms. The van der Waals surface area contributed by atoms with Crippen molar-refractivity contribution in [1.82, 2.24) is 0 Å². The first-order chi connectivity index (χ1) is 12.5. The van der Waals surface area contributed by atoms with Crippen molar-refractivity contribution in [1.29, 1.82) is 0 Å². The van der Waals surface area contributed by atoms with E-state index >= 15 is 0 Å². The topological polar surface area (TPSA) is 72.8 Å². The van der Waals surface area contributed by atoms with E-state index in [2.05, 4.69) is 6.58 Å². The van der Waals surface area contributed by atoms with E-state index in [1.807, 2.05) is 6.07 Å². The van der Waals surface area contributed by atoms with Gasteiger partial charge in [-0.1, -0.05) is 43.0 Å². The summed E-state index contributed by atoms with van der Waals surface area (Å²) in [5.41, 5.74) is 1.45. The molecule has 0 radical (unpaired) electrons. The average molecular weight is 354 g/mol. The quantitative estimate of drug-likeness (QED) is 0.321. The number of carbonyl (C=O) groups excluding carboxylic acids is 2. The number of benzene rings is 2. The predicted molar refractivity (Wildman–Crippen MR) is 98.6 cm³/mol. The second-order valence-corrected chi connectivity index (χ2v) is 5.73. The summed E-state index contributed by atoms with van der Waals surface area (Å²) in [5.74, 6) is -0.567. The lowest BCUT2D eigenvalue weighted by Gasteiger charge is -2.13. The maximum atomic E-state index is 12.6. The number of rotatable bonds is 9. The minimum atomic E-state index is -0.452. The van der Waals surface area contributed by atoms with E-state index in [-0.39, 0.29) is 23.7 Å². The molecule has 0 saturated carbocycles. The Labute approximate surface area is 152 Å². The van der Waals surface area contributed by atoms with Crippen LogP contribution in [0, 0.1) is 6.92 Å². The van der Waals surface area contributed by atoms with Crippen LogP contribution in [0.4, 0.5) is 0 Å². The van der Waals surface area contributed by atoms with Gasteiger partial charge >= 0.3 is 5.97 Å². The smallest absolute Gasteiger partial charge is 0.330 e. The van der Waals surface area contributed by atoms with Crippen molar-refractivity contribution in [3.05, 3.63) is 71.8 Å². The zero-order valence-corrected chi connectivity index (χ0v) is 14.7. The number of hydrogen-bond donors (Lipinski definition) is 1. The summed E-state index contributed by atoms with van der Waals surface area (Å²) >= 11 is 0. The van der Waals surface area contributed by atoms with Crippen molar-refractivity contribution >= 4 is 11.8 Å². The van der Waals surface area contributed by atoms with Crippen molar-refractivity contribution in [2.75, 3.05) is 13.2 Å². The second-order valence-electron chi connectivity index (χ2n) is 5.73. The van der Waals surface area contributed by atoms with Gasteiger partial charge in [0.1, 0.15) is 0 Å². The van der Waals surface area contributed by atoms with Crippen LogP contribution in [0.1, 0.15) is 34.3 Å². The SMILES string of the molecule is C=CC(=O)OCCCCOc1c(C)ccc(C(=O)c2ccccc2)c1O. The Morgan fingerprint density at radius 2 is 1.77 bits per heavy atom. The number of phenolic OH excluding ortho intramolecular Hbond substituents is 1. The Balaban J connectivity index is 2.00. The van der Waals surface area contributed by atoms with E-state index in [9.17, 15) is 14.7 Å². The van der Waals surface area contributed by atoms with E-state index in [0.717, 1.165) is 11.6 Å². The summed E-state index contributed by atoms with van der Waals surface area (Å²) in [6.45, 7) is 5.75. The van der Waals surface area contributed by atoms with E-state index in [0.29, 0.717) is 30.8 Å². The van der Waals surface area contributed by atoms with Crippen LogP contribution in [0.25, 0.3) is 0 Å². The summed E-state index contributed by atoms with van der Waals surface area (Å²) in [6, 6.07) is 12.1. The first-order valence-electron chi connectivity index (χ1n) is 8.39. The molecule has 5 nitrogen and oxygen atoms in total. The highest BCUT2D eigenvalue weighted by Gasteiger charge is 2.18. The molecule has 0 amide bonds. The molecule has 2 aromatic carbocycles. The number of ketones is 1. The van der Waals surface area contributed by atoms with Crippen molar-refractivity contribution in [2.45, 2.75) is 19.8 Å². The summed E-state index contributed by atoms with van der Waals surface area (Å²) in [4.78, 5) is 23.5. The molecular formula is C21H22O5. The molecule has 0 fully saturated rings. The molecular weight excluding hydrogens is 332 g/mol. The molecule has 0 aliphatic rings. The van der Waals surface area contributed by atoms with Gasteiger partial charge in [-0.15, -0.1) is 0 Å². The number of carbonyl (C=O) groups is 2. The normalized spacial score (nSPS) is 10.2. The first-order valence-corrected chi connectivity index (χ1v) is 8.39. The van der Waals surface area contributed by atoms with Crippen LogP contribution in [-0.2, 0) is 9.53 Å². The number of esters is 1. The van der Waals surface area contributed by atoms with Crippen molar-refractivity contribution in [2.24, 2.45) is 0 Å². The summed E-state index contributed by atoms with van der Waals surface area (Å²) in [5, 5.41) is 10.5. The average Bonchev–Trinajstić information content (AvgIpc) is 2.66. The number of hydrogen-bond acceptors (Lipinski definition) is 5. The van der Waals surface area contributed by atoms with Gasteiger partial charge in [0.2, 0.25) is 0 Å². The fourth-order valence-corrected chi connectivity index (χ4v) is 2.39. The fraction of sp³-hybridized carbons (Fsp3) is 0.238. The van der Waals surface area contributed by atoms with Gasteiger partial charge in [-0.25, -0.2) is 4.79 Å². The third-order valence-corrected chi connectivity index (χ3v) is 3.81. The Morgan fingerprint density at radius 1 is 1.08 bits per heavy atom. The standard InChI is InChI=1S/C21H22O5/c1-3-18(22)25-13-7-8-14-26-21-15(2)11-12-17(20(21)24)19(23)16-9-5-4-6-10-16/h3-6,9-12,24H,1,7-8,13-14H2,2H3. The van der Waals surface area contributed by atoms with Gasteiger partial charge in [-0.2, -0.15) is 0 Å². The number of aromatic hydroxyl groups is 1. The monoisotopic (exact) mass is 354 g/mol. The van der Waals surface area contributed by atoms with Gasteiger partial charge in [0.25, 0.3) is 0 Å². The van der Waals surface area contributed by atoms with Crippen LogP contribution in [0.2, 0.25) is 0 Å². The molecule has 0 atom stereocenters. The number of ether oxygens (including phenoxy) is 2. The summed E-state index contributed by atoms with van der Waals surface area (Å²) in [7, 11) is 0. The molecule has 0 saturated heterocycles. The molecule has 2 aromatic rings. The highest BCUT2D eigenvalue weighted by atomic mass is 16.5. The molecule has 0 aliphatic carbocycles. The fourth-order valence-electron chi connectivity index (χ4n) is 2.39. The Bertz CT molecular complexity index is 780.